The summed E-state index contributed by atoms with van der Waals surface area (Å²) in [5.41, 5.74) is 1.13. The molecule has 5 nitrogen and oxygen atoms in total. The molecule has 0 N–H and O–H groups in total. The van der Waals surface area contributed by atoms with Gasteiger partial charge in [0, 0.05) is 37.0 Å². The quantitative estimate of drug-likeness (QED) is 0.676. The second-order valence-corrected chi connectivity index (χ2v) is 7.36. The van der Waals surface area contributed by atoms with E-state index in [2.05, 4.69) is 4.90 Å². The molecule has 0 saturated carbocycles. The van der Waals surface area contributed by atoms with Crippen LogP contribution in [0.5, 0.6) is 0 Å². The van der Waals surface area contributed by atoms with Crippen molar-refractivity contribution >= 4 is 35.2 Å². The van der Waals surface area contributed by atoms with Gasteiger partial charge in [-0.15, -0.1) is 11.8 Å². The number of carbonyl (C=O) groups is 2. The van der Waals surface area contributed by atoms with E-state index in [1.54, 1.807) is 11.8 Å². The van der Waals surface area contributed by atoms with Gasteiger partial charge in [0.2, 0.25) is 5.91 Å². The molecular weight excluding hydrogens is 360 g/mol. The molecule has 7 heteroatoms. The largest absolute Gasteiger partial charge is 0.465 e. The Labute approximate surface area is 158 Å². The first-order valence-electron chi connectivity index (χ1n) is 8.56. The van der Waals surface area contributed by atoms with Crippen LogP contribution >= 0.6 is 23.4 Å². The van der Waals surface area contributed by atoms with Crippen LogP contribution in [-0.4, -0.2) is 66.8 Å². The summed E-state index contributed by atoms with van der Waals surface area (Å²) in [6, 6.07) is 7.72. The van der Waals surface area contributed by atoms with E-state index in [-0.39, 0.29) is 11.9 Å². The van der Waals surface area contributed by atoms with Gasteiger partial charge < -0.3 is 9.64 Å². The minimum Gasteiger partial charge on any atom is -0.465 e. The summed E-state index contributed by atoms with van der Waals surface area (Å²) in [5.74, 6) is 1.20. The first kappa shape index (κ1) is 20.1. The third-order valence-corrected chi connectivity index (χ3v) is 5.21. The average Bonchev–Trinajstić information content (AvgIpc) is 2.81. The van der Waals surface area contributed by atoms with Crippen LogP contribution in [0.25, 0.3) is 0 Å². The molecule has 0 aliphatic carbocycles. The molecule has 1 aliphatic rings. The van der Waals surface area contributed by atoms with Crippen LogP contribution in [-0.2, 0) is 20.1 Å². The Kier molecular flexibility index (Phi) is 8.58. The highest BCUT2D eigenvalue weighted by Crippen LogP contribution is 2.17. The summed E-state index contributed by atoms with van der Waals surface area (Å²) in [5, 5.41) is 0.721. The molecule has 1 aromatic rings. The Balaban J connectivity index is 1.72. The molecule has 1 aromatic carbocycles. The molecular formula is C18H25ClN2O3S. The summed E-state index contributed by atoms with van der Waals surface area (Å²) >= 11 is 7.58. The van der Waals surface area contributed by atoms with Crippen molar-refractivity contribution in [1.82, 2.24) is 9.80 Å². The predicted molar refractivity (Wildman–Crippen MR) is 102 cm³/mol. The average molecular weight is 385 g/mol. The van der Waals surface area contributed by atoms with E-state index in [9.17, 15) is 9.59 Å². The third-order valence-electron chi connectivity index (χ3n) is 3.98. The molecule has 0 aromatic heterocycles. The summed E-state index contributed by atoms with van der Waals surface area (Å²) in [6.45, 7) is 5.45. The summed E-state index contributed by atoms with van der Waals surface area (Å²) in [6.07, 6.45) is 0.879. The molecule has 0 spiro atoms. The van der Waals surface area contributed by atoms with Crippen molar-refractivity contribution in [1.29, 1.82) is 0 Å². The molecule has 1 fully saturated rings. The number of halogens is 1. The van der Waals surface area contributed by atoms with Gasteiger partial charge >= 0.3 is 5.97 Å². The number of nitrogens with zero attached hydrogens (tertiary/aromatic N) is 2. The second kappa shape index (κ2) is 10.7. The lowest BCUT2D eigenvalue weighted by Gasteiger charge is -2.21. The zero-order chi connectivity index (χ0) is 18.1. The van der Waals surface area contributed by atoms with Gasteiger partial charge in [-0.1, -0.05) is 23.7 Å². The smallest absolute Gasteiger partial charge is 0.320 e. The Morgan fingerprint density at radius 3 is 2.84 bits per heavy atom. The Morgan fingerprint density at radius 1 is 1.24 bits per heavy atom. The van der Waals surface area contributed by atoms with Crippen LogP contribution in [0.2, 0.25) is 5.02 Å². The van der Waals surface area contributed by atoms with E-state index in [0.717, 1.165) is 35.8 Å². The number of hydrogen-bond acceptors (Lipinski definition) is 5. The van der Waals surface area contributed by atoms with Gasteiger partial charge in [0.1, 0.15) is 0 Å². The molecule has 138 valence electrons. The zero-order valence-electron chi connectivity index (χ0n) is 14.6. The number of benzene rings is 1. The van der Waals surface area contributed by atoms with Gasteiger partial charge in [-0.2, -0.15) is 0 Å². The van der Waals surface area contributed by atoms with Gasteiger partial charge in [-0.25, -0.2) is 0 Å². The topological polar surface area (TPSA) is 49.9 Å². The van der Waals surface area contributed by atoms with E-state index in [0.29, 0.717) is 32.0 Å². The fourth-order valence-electron chi connectivity index (χ4n) is 2.74. The van der Waals surface area contributed by atoms with Gasteiger partial charge in [0.05, 0.1) is 18.9 Å². The molecule has 0 unspecified atom stereocenters. The zero-order valence-corrected chi connectivity index (χ0v) is 16.2. The van der Waals surface area contributed by atoms with Crippen molar-refractivity contribution in [3.8, 4) is 0 Å². The van der Waals surface area contributed by atoms with E-state index in [1.165, 1.54) is 0 Å². The third kappa shape index (κ3) is 7.26. The van der Waals surface area contributed by atoms with Crippen LogP contribution in [0.4, 0.5) is 0 Å². The number of rotatable bonds is 7. The van der Waals surface area contributed by atoms with Crippen molar-refractivity contribution in [2.24, 2.45) is 0 Å². The fourth-order valence-corrected chi connectivity index (χ4v) is 3.83. The first-order valence-corrected chi connectivity index (χ1v) is 10.1. The summed E-state index contributed by atoms with van der Waals surface area (Å²) in [4.78, 5) is 27.9. The standard InChI is InChI=1S/C18H25ClN2O3S/c1-2-24-18(23)12-20-7-4-8-21(10-9-20)17(22)14-25-13-15-5-3-6-16(19)11-15/h3,5-6,11H,2,4,7-10,12-14H2,1H3. The van der Waals surface area contributed by atoms with Crippen molar-refractivity contribution in [2.45, 2.75) is 19.1 Å². The lowest BCUT2D eigenvalue weighted by Crippen LogP contribution is -2.37. The Bertz CT molecular complexity index is 585. The molecule has 1 aliphatic heterocycles. The molecule has 0 bridgehead atoms. The summed E-state index contributed by atoms with van der Waals surface area (Å²) in [7, 11) is 0. The number of esters is 1. The SMILES string of the molecule is CCOC(=O)CN1CCCN(C(=O)CSCc2cccc(Cl)c2)CC1. The molecule has 1 amide bonds. The maximum atomic E-state index is 12.4. The first-order chi connectivity index (χ1) is 12.1. The van der Waals surface area contributed by atoms with Crippen molar-refractivity contribution in [3.05, 3.63) is 34.9 Å². The number of amides is 1. The van der Waals surface area contributed by atoms with Crippen LogP contribution in [0.1, 0.15) is 18.9 Å². The maximum Gasteiger partial charge on any atom is 0.320 e. The maximum absolute atomic E-state index is 12.4. The molecule has 1 saturated heterocycles. The van der Waals surface area contributed by atoms with E-state index in [4.69, 9.17) is 16.3 Å². The lowest BCUT2D eigenvalue weighted by atomic mass is 10.2. The van der Waals surface area contributed by atoms with Crippen molar-refractivity contribution < 1.29 is 14.3 Å². The van der Waals surface area contributed by atoms with E-state index >= 15 is 0 Å². The highest BCUT2D eigenvalue weighted by molar-refractivity contribution is 7.99. The van der Waals surface area contributed by atoms with Gasteiger partial charge in [-0.05, 0) is 31.0 Å². The van der Waals surface area contributed by atoms with Crippen molar-refractivity contribution in [2.75, 3.05) is 45.1 Å². The van der Waals surface area contributed by atoms with E-state index in [1.807, 2.05) is 36.1 Å². The Hall–Kier alpha value is -1.24. The van der Waals surface area contributed by atoms with Crippen LogP contribution in [0.3, 0.4) is 0 Å². The number of thioether (sulfide) groups is 1. The predicted octanol–water partition coefficient (Wildman–Crippen LogP) is 2.67. The molecule has 2 rings (SSSR count). The van der Waals surface area contributed by atoms with Crippen LogP contribution in [0.15, 0.2) is 24.3 Å². The van der Waals surface area contributed by atoms with Crippen LogP contribution in [0, 0.1) is 0 Å². The minimum absolute atomic E-state index is 0.157. The normalized spacial score (nSPS) is 15.7. The fraction of sp³-hybridized carbons (Fsp3) is 0.556. The van der Waals surface area contributed by atoms with Crippen molar-refractivity contribution in [3.63, 3.8) is 0 Å². The van der Waals surface area contributed by atoms with Gasteiger partial charge in [-0.3, -0.25) is 14.5 Å². The molecule has 1 heterocycles. The van der Waals surface area contributed by atoms with Gasteiger partial charge in [0.25, 0.3) is 0 Å². The number of hydrogen-bond donors (Lipinski definition) is 0. The minimum atomic E-state index is -0.195. The molecule has 25 heavy (non-hydrogen) atoms. The second-order valence-electron chi connectivity index (χ2n) is 5.94. The number of ether oxygens (including phenoxy) is 1. The molecule has 0 atom stereocenters. The number of carbonyl (C=O) groups excluding carboxylic acids is 2. The summed E-state index contributed by atoms with van der Waals surface area (Å²) < 4.78 is 4.99. The monoisotopic (exact) mass is 384 g/mol. The Morgan fingerprint density at radius 2 is 2.08 bits per heavy atom. The highest BCUT2D eigenvalue weighted by atomic mass is 35.5. The van der Waals surface area contributed by atoms with Gasteiger partial charge in [0.15, 0.2) is 0 Å². The highest BCUT2D eigenvalue weighted by Gasteiger charge is 2.20. The molecule has 0 radical (unpaired) electrons. The van der Waals surface area contributed by atoms with Crippen LogP contribution < -0.4 is 0 Å². The lowest BCUT2D eigenvalue weighted by molar-refractivity contribution is -0.144. The van der Waals surface area contributed by atoms with E-state index < -0.39 is 0 Å².